The summed E-state index contributed by atoms with van der Waals surface area (Å²) in [6, 6.07) is 14.5. The van der Waals surface area contributed by atoms with Gasteiger partial charge < -0.3 is 10.1 Å². The molecule has 138 valence electrons. The Hall–Kier alpha value is -1.92. The van der Waals surface area contributed by atoms with Crippen LogP contribution >= 0.6 is 15.9 Å². The third-order valence-electron chi connectivity index (χ3n) is 4.51. The van der Waals surface area contributed by atoms with Crippen LogP contribution in [0.5, 0.6) is 5.75 Å². The highest BCUT2D eigenvalue weighted by atomic mass is 79.9. The van der Waals surface area contributed by atoms with Crippen LogP contribution < -0.4 is 10.1 Å². The van der Waals surface area contributed by atoms with Gasteiger partial charge in [-0.3, -0.25) is 9.69 Å². The Morgan fingerprint density at radius 2 is 1.92 bits per heavy atom. The zero-order valence-electron chi connectivity index (χ0n) is 14.5. The van der Waals surface area contributed by atoms with Crippen molar-refractivity contribution >= 4 is 21.8 Å². The van der Waals surface area contributed by atoms with Crippen LogP contribution in [0.4, 0.5) is 4.39 Å². The molecule has 1 fully saturated rings. The molecular formula is C20H22BrFN2O2. The maximum absolute atomic E-state index is 13.1. The van der Waals surface area contributed by atoms with Crippen LogP contribution in [-0.4, -0.2) is 37.0 Å². The molecule has 1 amide bonds. The van der Waals surface area contributed by atoms with Crippen LogP contribution in [0.2, 0.25) is 0 Å². The summed E-state index contributed by atoms with van der Waals surface area (Å²) in [5.74, 6) is -0.105. The topological polar surface area (TPSA) is 41.6 Å². The van der Waals surface area contributed by atoms with Gasteiger partial charge in [-0.2, -0.15) is 0 Å². The maximum atomic E-state index is 13.1. The fraction of sp³-hybridized carbons (Fsp3) is 0.350. The molecule has 4 nitrogen and oxygen atoms in total. The molecule has 1 N–H and O–H groups in total. The van der Waals surface area contributed by atoms with E-state index in [1.54, 1.807) is 0 Å². The highest BCUT2D eigenvalue weighted by Crippen LogP contribution is 2.26. The number of nitrogens with zero attached hydrogens (tertiary/aromatic N) is 1. The predicted molar refractivity (Wildman–Crippen MR) is 103 cm³/mol. The van der Waals surface area contributed by atoms with E-state index in [1.807, 2.05) is 18.2 Å². The van der Waals surface area contributed by atoms with E-state index >= 15 is 0 Å². The minimum absolute atomic E-state index is 0.105. The van der Waals surface area contributed by atoms with Crippen LogP contribution in [0.1, 0.15) is 24.4 Å². The van der Waals surface area contributed by atoms with E-state index in [0.717, 1.165) is 13.1 Å². The molecule has 26 heavy (non-hydrogen) atoms. The molecule has 0 spiro atoms. The van der Waals surface area contributed by atoms with Crippen molar-refractivity contribution in [2.45, 2.75) is 18.9 Å². The average Bonchev–Trinajstić information content (AvgIpc) is 3.16. The van der Waals surface area contributed by atoms with Crippen molar-refractivity contribution in [3.05, 3.63) is 64.4 Å². The Kier molecular flexibility index (Phi) is 6.63. The molecule has 0 aliphatic carbocycles. The molecule has 2 aromatic rings. The molecule has 6 heteroatoms. The van der Waals surface area contributed by atoms with Crippen molar-refractivity contribution in [2.24, 2.45) is 0 Å². The molecule has 1 saturated heterocycles. The summed E-state index contributed by atoms with van der Waals surface area (Å²) < 4.78 is 19.1. The van der Waals surface area contributed by atoms with E-state index in [9.17, 15) is 9.18 Å². The number of nitrogens with one attached hydrogen (secondary N) is 1. The van der Waals surface area contributed by atoms with Crippen LogP contribution in [0.15, 0.2) is 53.0 Å². The van der Waals surface area contributed by atoms with E-state index in [-0.39, 0.29) is 24.4 Å². The van der Waals surface area contributed by atoms with Crippen molar-refractivity contribution in [3.8, 4) is 5.75 Å². The lowest BCUT2D eigenvalue weighted by Crippen LogP contribution is -2.38. The molecule has 0 bridgehead atoms. The lowest BCUT2D eigenvalue weighted by atomic mass is 10.1. The van der Waals surface area contributed by atoms with E-state index in [0.29, 0.717) is 16.8 Å². The lowest BCUT2D eigenvalue weighted by molar-refractivity contribution is -0.123. The number of likely N-dealkylation sites (tertiary alicyclic amines) is 1. The van der Waals surface area contributed by atoms with Gasteiger partial charge in [-0.05, 0) is 65.6 Å². The van der Waals surface area contributed by atoms with Crippen LogP contribution in [0.3, 0.4) is 0 Å². The van der Waals surface area contributed by atoms with Gasteiger partial charge in [0.2, 0.25) is 0 Å². The summed E-state index contributed by atoms with van der Waals surface area (Å²) in [7, 11) is 0. The van der Waals surface area contributed by atoms with Gasteiger partial charge >= 0.3 is 0 Å². The van der Waals surface area contributed by atoms with Gasteiger partial charge in [0.05, 0.1) is 10.5 Å². The van der Waals surface area contributed by atoms with E-state index in [4.69, 9.17) is 4.74 Å². The first-order valence-electron chi connectivity index (χ1n) is 8.77. The molecule has 0 aromatic heterocycles. The van der Waals surface area contributed by atoms with E-state index in [1.165, 1.54) is 36.6 Å². The van der Waals surface area contributed by atoms with Crippen LogP contribution in [0, 0.1) is 5.82 Å². The SMILES string of the molecule is O=C(COc1ccc(F)cc1Br)NCC(c1ccccc1)N1CCCC1. The highest BCUT2D eigenvalue weighted by Gasteiger charge is 2.23. The zero-order valence-corrected chi connectivity index (χ0v) is 16.0. The number of amides is 1. The predicted octanol–water partition coefficient (Wildman–Crippen LogP) is 3.92. The monoisotopic (exact) mass is 420 g/mol. The summed E-state index contributed by atoms with van der Waals surface area (Å²) in [4.78, 5) is 14.6. The third kappa shape index (κ3) is 5.05. The normalized spacial score (nSPS) is 15.6. The molecule has 3 rings (SSSR count). The fourth-order valence-electron chi connectivity index (χ4n) is 3.18. The van der Waals surface area contributed by atoms with Gasteiger partial charge in [0, 0.05) is 6.54 Å². The standard InChI is InChI=1S/C20H22BrFN2O2/c21-17-12-16(22)8-9-19(17)26-14-20(25)23-13-18(24-10-4-5-11-24)15-6-2-1-3-7-15/h1-3,6-9,12,18H,4-5,10-11,13-14H2,(H,23,25). The molecule has 1 aliphatic rings. The molecule has 0 radical (unpaired) electrons. The maximum Gasteiger partial charge on any atom is 0.258 e. The van der Waals surface area contributed by atoms with Crippen LogP contribution in [-0.2, 0) is 4.79 Å². The molecule has 1 aliphatic heterocycles. The average molecular weight is 421 g/mol. The quantitative estimate of drug-likeness (QED) is 0.737. The van der Waals surface area contributed by atoms with Crippen LogP contribution in [0.25, 0.3) is 0 Å². The second-order valence-electron chi connectivity index (χ2n) is 6.34. The molecule has 0 saturated carbocycles. The summed E-state index contributed by atoms with van der Waals surface area (Å²) in [5.41, 5.74) is 1.21. The van der Waals surface area contributed by atoms with Gasteiger partial charge in [0.25, 0.3) is 5.91 Å². The number of hydrogen-bond acceptors (Lipinski definition) is 3. The second kappa shape index (κ2) is 9.14. The summed E-state index contributed by atoms with van der Waals surface area (Å²) in [6.45, 7) is 2.53. The fourth-order valence-corrected chi connectivity index (χ4v) is 3.65. The number of benzene rings is 2. The van der Waals surface area contributed by atoms with Crippen molar-refractivity contribution in [1.82, 2.24) is 10.2 Å². The number of halogens is 2. The molecule has 1 unspecified atom stereocenters. The number of rotatable bonds is 7. The van der Waals surface area contributed by atoms with Crippen molar-refractivity contribution in [2.75, 3.05) is 26.2 Å². The Morgan fingerprint density at radius 3 is 2.62 bits per heavy atom. The van der Waals surface area contributed by atoms with E-state index in [2.05, 4.69) is 38.3 Å². The van der Waals surface area contributed by atoms with Crippen molar-refractivity contribution in [3.63, 3.8) is 0 Å². The summed E-state index contributed by atoms with van der Waals surface area (Å²) >= 11 is 3.23. The van der Waals surface area contributed by atoms with Gasteiger partial charge in [-0.25, -0.2) is 4.39 Å². The largest absolute Gasteiger partial charge is 0.483 e. The third-order valence-corrected chi connectivity index (χ3v) is 5.13. The molecular weight excluding hydrogens is 399 g/mol. The lowest BCUT2D eigenvalue weighted by Gasteiger charge is -2.28. The number of carbonyl (C=O) groups excluding carboxylic acids is 1. The molecule has 1 atom stereocenters. The minimum Gasteiger partial charge on any atom is -0.483 e. The zero-order chi connectivity index (χ0) is 18.4. The summed E-state index contributed by atoms with van der Waals surface area (Å²) in [6.07, 6.45) is 2.39. The van der Waals surface area contributed by atoms with Gasteiger partial charge in [-0.1, -0.05) is 30.3 Å². The first kappa shape index (κ1) is 18.9. The molecule has 2 aromatic carbocycles. The second-order valence-corrected chi connectivity index (χ2v) is 7.19. The first-order valence-corrected chi connectivity index (χ1v) is 9.56. The summed E-state index contributed by atoms with van der Waals surface area (Å²) in [5, 5.41) is 2.96. The number of ether oxygens (including phenoxy) is 1. The molecule has 1 heterocycles. The minimum atomic E-state index is -0.356. The Morgan fingerprint density at radius 1 is 1.19 bits per heavy atom. The van der Waals surface area contributed by atoms with Gasteiger partial charge in [0.1, 0.15) is 11.6 Å². The van der Waals surface area contributed by atoms with E-state index < -0.39 is 0 Å². The number of carbonyl (C=O) groups is 1. The Balaban J connectivity index is 1.55. The van der Waals surface area contributed by atoms with Crippen molar-refractivity contribution in [1.29, 1.82) is 0 Å². The van der Waals surface area contributed by atoms with Crippen molar-refractivity contribution < 1.29 is 13.9 Å². The first-order chi connectivity index (χ1) is 12.6. The smallest absolute Gasteiger partial charge is 0.258 e. The Bertz CT molecular complexity index is 736. The Labute approximate surface area is 161 Å². The van der Waals surface area contributed by atoms with Gasteiger partial charge in [-0.15, -0.1) is 0 Å². The number of hydrogen-bond donors (Lipinski definition) is 1. The van der Waals surface area contributed by atoms with Gasteiger partial charge in [0.15, 0.2) is 6.61 Å². The highest BCUT2D eigenvalue weighted by molar-refractivity contribution is 9.10.